The van der Waals surface area contributed by atoms with Crippen LogP contribution in [0.4, 0.5) is 0 Å². The highest BCUT2D eigenvalue weighted by atomic mass is 16.3. The molecule has 0 aromatic rings. The van der Waals surface area contributed by atoms with Gasteiger partial charge >= 0.3 is 0 Å². The van der Waals surface area contributed by atoms with Crippen molar-refractivity contribution in [1.82, 2.24) is 0 Å². The summed E-state index contributed by atoms with van der Waals surface area (Å²) in [6, 6.07) is 0.126. The molecule has 0 amide bonds. The van der Waals surface area contributed by atoms with Gasteiger partial charge in [-0.05, 0) is 25.7 Å². The van der Waals surface area contributed by atoms with Gasteiger partial charge in [-0.1, -0.05) is 12.5 Å². The molecule has 0 radical (unpaired) electrons. The van der Waals surface area contributed by atoms with E-state index >= 15 is 0 Å². The van der Waals surface area contributed by atoms with Crippen LogP contribution in [0.1, 0.15) is 32.1 Å². The van der Waals surface area contributed by atoms with Crippen LogP contribution < -0.4 is 10.4 Å². The zero-order valence-electron chi connectivity index (χ0n) is 9.01. The third-order valence-corrected chi connectivity index (χ3v) is 3.93. The van der Waals surface area contributed by atoms with Crippen molar-refractivity contribution in [2.24, 2.45) is 5.92 Å². The average molecular weight is 215 g/mol. The molecular formula is C11H21NO3. The van der Waals surface area contributed by atoms with E-state index in [0.717, 1.165) is 25.8 Å². The summed E-state index contributed by atoms with van der Waals surface area (Å²) in [5.74, 6) is 0.297. The molecule has 0 spiro atoms. The summed E-state index contributed by atoms with van der Waals surface area (Å²) in [7, 11) is 0. The van der Waals surface area contributed by atoms with Crippen LogP contribution >= 0.6 is 0 Å². The van der Waals surface area contributed by atoms with Crippen LogP contribution in [0.3, 0.4) is 0 Å². The molecule has 4 nitrogen and oxygen atoms in total. The van der Waals surface area contributed by atoms with E-state index in [9.17, 15) is 15.3 Å². The van der Waals surface area contributed by atoms with E-state index < -0.39 is 18.3 Å². The lowest BCUT2D eigenvalue weighted by molar-refractivity contribution is -0.735. The first kappa shape index (κ1) is 11.3. The Balaban J connectivity index is 1.92. The van der Waals surface area contributed by atoms with Gasteiger partial charge in [-0.15, -0.1) is 0 Å². The summed E-state index contributed by atoms with van der Waals surface area (Å²) in [5, 5.41) is 33.0. The van der Waals surface area contributed by atoms with Gasteiger partial charge in [0.15, 0.2) is 0 Å². The van der Waals surface area contributed by atoms with Gasteiger partial charge in [0.1, 0.15) is 0 Å². The second kappa shape index (κ2) is 4.78. The summed E-state index contributed by atoms with van der Waals surface area (Å²) in [6.45, 7) is 1.04. The number of hydrogen-bond acceptors (Lipinski definition) is 3. The van der Waals surface area contributed by atoms with Crippen molar-refractivity contribution in [1.29, 1.82) is 0 Å². The van der Waals surface area contributed by atoms with Crippen molar-refractivity contribution < 1.29 is 20.6 Å². The van der Waals surface area contributed by atoms with Crippen LogP contribution in [0.5, 0.6) is 0 Å². The van der Waals surface area contributed by atoms with Crippen LogP contribution in [0.15, 0.2) is 0 Å². The first-order valence-electron chi connectivity index (χ1n) is 6.03. The maximum absolute atomic E-state index is 11.8. The van der Waals surface area contributed by atoms with Crippen LogP contribution in [-0.2, 0) is 0 Å². The van der Waals surface area contributed by atoms with E-state index in [2.05, 4.69) is 5.32 Å². The molecule has 5 unspecified atom stereocenters. The standard InChI is InChI=1S/C11H20NO3/c13-8-4-3-7(6-10(8)15)11-9(14)2-1-5-12-11/h7-13,15H,1-6H2/q-1/p+1. The van der Waals surface area contributed by atoms with E-state index in [4.69, 9.17) is 0 Å². The van der Waals surface area contributed by atoms with Gasteiger partial charge in [-0.3, -0.25) is 0 Å². The Morgan fingerprint density at radius 2 is 1.87 bits per heavy atom. The number of hydrogen-bond donors (Lipinski definition) is 3. The molecule has 5 atom stereocenters. The lowest BCUT2D eigenvalue weighted by Crippen LogP contribution is -2.97. The summed E-state index contributed by atoms with van der Waals surface area (Å²) < 4.78 is 0. The van der Waals surface area contributed by atoms with Gasteiger partial charge < -0.3 is 20.6 Å². The van der Waals surface area contributed by atoms with Crippen molar-refractivity contribution in [3.63, 3.8) is 0 Å². The first-order chi connectivity index (χ1) is 7.18. The van der Waals surface area contributed by atoms with E-state index in [-0.39, 0.29) is 6.04 Å². The molecule has 2 fully saturated rings. The van der Waals surface area contributed by atoms with Gasteiger partial charge in [-0.25, -0.2) is 0 Å². The third-order valence-electron chi connectivity index (χ3n) is 3.93. The second-order valence-corrected chi connectivity index (χ2v) is 4.99. The molecular weight excluding hydrogens is 194 g/mol. The highest BCUT2D eigenvalue weighted by Crippen LogP contribution is 2.28. The quantitative estimate of drug-likeness (QED) is 0.471. The fourth-order valence-corrected chi connectivity index (χ4v) is 2.98. The molecule has 4 N–H and O–H groups in total. The zero-order chi connectivity index (χ0) is 10.8. The van der Waals surface area contributed by atoms with Gasteiger partial charge in [0.05, 0.1) is 24.8 Å². The van der Waals surface area contributed by atoms with Crippen molar-refractivity contribution >= 4 is 0 Å². The summed E-state index contributed by atoms with van der Waals surface area (Å²) >= 11 is 0. The Labute approximate surface area is 90.3 Å². The molecule has 1 heterocycles. The topological polar surface area (TPSA) is 80.1 Å². The molecule has 2 aliphatic rings. The van der Waals surface area contributed by atoms with E-state index in [1.54, 1.807) is 0 Å². The lowest BCUT2D eigenvalue weighted by Gasteiger charge is -2.42. The smallest absolute Gasteiger partial charge is 0.0804 e. The molecule has 0 aromatic carbocycles. The Morgan fingerprint density at radius 3 is 2.53 bits per heavy atom. The number of aliphatic hydroxyl groups excluding tert-OH is 2. The highest BCUT2D eigenvalue weighted by Gasteiger charge is 2.35. The summed E-state index contributed by atoms with van der Waals surface area (Å²) in [6.07, 6.45) is 2.24. The minimum absolute atomic E-state index is 0.126. The predicted octanol–water partition coefficient (Wildman–Crippen LogP) is -2.04. The molecule has 0 aromatic heterocycles. The maximum Gasteiger partial charge on any atom is 0.0804 e. The van der Waals surface area contributed by atoms with E-state index in [0.29, 0.717) is 18.8 Å². The number of aliphatic hydroxyl groups is 2. The van der Waals surface area contributed by atoms with Crippen LogP contribution in [-0.4, -0.2) is 41.1 Å². The van der Waals surface area contributed by atoms with Gasteiger partial charge in [0.25, 0.3) is 0 Å². The van der Waals surface area contributed by atoms with Crippen molar-refractivity contribution in [3.8, 4) is 0 Å². The summed E-state index contributed by atoms with van der Waals surface area (Å²) in [4.78, 5) is 0. The second-order valence-electron chi connectivity index (χ2n) is 4.99. The van der Waals surface area contributed by atoms with Crippen molar-refractivity contribution in [3.05, 3.63) is 0 Å². The van der Waals surface area contributed by atoms with Gasteiger partial charge in [0.2, 0.25) is 0 Å². The van der Waals surface area contributed by atoms with Gasteiger partial charge in [-0.2, -0.15) is 0 Å². The number of piperidine rings is 1. The maximum atomic E-state index is 11.8. The van der Waals surface area contributed by atoms with Crippen LogP contribution in [0, 0.1) is 5.92 Å². The predicted molar refractivity (Wildman–Crippen MR) is 53.0 cm³/mol. The highest BCUT2D eigenvalue weighted by molar-refractivity contribution is 4.85. The fraction of sp³-hybridized carbons (Fsp3) is 1.00. The Kier molecular flexibility index (Phi) is 3.61. The fourth-order valence-electron chi connectivity index (χ4n) is 2.98. The monoisotopic (exact) mass is 215 g/mol. The average Bonchev–Trinajstić information content (AvgIpc) is 2.23. The minimum Gasteiger partial charge on any atom is -0.848 e. The van der Waals surface area contributed by atoms with Crippen molar-refractivity contribution in [2.45, 2.75) is 56.5 Å². The van der Waals surface area contributed by atoms with E-state index in [1.807, 2.05) is 0 Å². The SMILES string of the molecule is [O-]C1CCC[NH2+]C1C1CCC(O)C(O)C1. The molecule has 1 aliphatic heterocycles. The van der Waals surface area contributed by atoms with Crippen molar-refractivity contribution in [2.75, 3.05) is 6.54 Å². The van der Waals surface area contributed by atoms with Gasteiger partial charge in [0, 0.05) is 5.92 Å². The van der Waals surface area contributed by atoms with Crippen LogP contribution in [0.25, 0.3) is 0 Å². The molecule has 1 saturated carbocycles. The number of nitrogens with two attached hydrogens (primary N) is 1. The third kappa shape index (κ3) is 2.50. The first-order valence-corrected chi connectivity index (χ1v) is 6.03. The molecule has 88 valence electrons. The Hall–Kier alpha value is -0.160. The molecule has 2 rings (SSSR count). The van der Waals surface area contributed by atoms with Crippen LogP contribution in [0.2, 0.25) is 0 Å². The number of rotatable bonds is 1. The van der Waals surface area contributed by atoms with E-state index in [1.165, 1.54) is 0 Å². The minimum atomic E-state index is -0.619. The number of quaternary nitrogens is 1. The lowest BCUT2D eigenvalue weighted by atomic mass is 9.77. The normalized spacial score (nSPS) is 47.8. The molecule has 0 bridgehead atoms. The Morgan fingerprint density at radius 1 is 1.07 bits per heavy atom. The molecule has 4 heteroatoms. The molecule has 15 heavy (non-hydrogen) atoms. The molecule has 1 aliphatic carbocycles. The zero-order valence-corrected chi connectivity index (χ0v) is 9.01. The largest absolute Gasteiger partial charge is 0.848 e. The molecule has 1 saturated heterocycles. The Bertz CT molecular complexity index is 212. The summed E-state index contributed by atoms with van der Waals surface area (Å²) in [5.41, 5.74) is 0.